The lowest BCUT2D eigenvalue weighted by Crippen LogP contribution is -2.30. The summed E-state index contributed by atoms with van der Waals surface area (Å²) in [5, 5.41) is 3.63. The fourth-order valence-electron chi connectivity index (χ4n) is 3.31. The molecule has 0 bridgehead atoms. The molecule has 0 unspecified atom stereocenters. The van der Waals surface area contributed by atoms with Gasteiger partial charge >= 0.3 is 0 Å². The number of halogens is 1. The van der Waals surface area contributed by atoms with Gasteiger partial charge in [-0.3, -0.25) is 4.79 Å². The Bertz CT molecular complexity index is 1020. The van der Waals surface area contributed by atoms with Crippen LogP contribution in [0.25, 0.3) is 0 Å². The molecule has 1 aromatic heterocycles. The lowest BCUT2D eigenvalue weighted by Gasteiger charge is -2.18. The maximum atomic E-state index is 12.9. The topological polar surface area (TPSA) is 67.3 Å². The molecule has 0 saturated carbocycles. The van der Waals surface area contributed by atoms with Crippen molar-refractivity contribution in [2.45, 2.75) is 12.8 Å². The Morgan fingerprint density at radius 2 is 2.18 bits per heavy atom. The van der Waals surface area contributed by atoms with Crippen molar-refractivity contribution in [2.24, 2.45) is 0 Å². The van der Waals surface area contributed by atoms with Crippen LogP contribution in [0.15, 0.2) is 55.0 Å². The Morgan fingerprint density at radius 1 is 1.29 bits per heavy atom. The smallest absolute Gasteiger partial charge is 0.231 e. The van der Waals surface area contributed by atoms with Crippen LogP contribution >= 0.6 is 11.6 Å². The molecule has 3 aromatic rings. The van der Waals surface area contributed by atoms with E-state index in [1.807, 2.05) is 47.4 Å². The molecular weight excluding hydrogens is 376 g/mol. The molecule has 2 heterocycles. The zero-order valence-electron chi connectivity index (χ0n) is 15.4. The fraction of sp³-hybridized carbons (Fsp3) is 0.190. The number of anilines is 3. The Kier molecular flexibility index (Phi) is 5.12. The van der Waals surface area contributed by atoms with Gasteiger partial charge in [0, 0.05) is 17.9 Å². The molecule has 1 aliphatic rings. The van der Waals surface area contributed by atoms with Gasteiger partial charge in [-0.15, -0.1) is 0 Å². The molecule has 4 rings (SSSR count). The molecule has 2 aromatic carbocycles. The number of nitrogens with zero attached hydrogens (tertiary/aromatic N) is 3. The highest BCUT2D eigenvalue weighted by atomic mass is 35.5. The Labute approximate surface area is 168 Å². The van der Waals surface area contributed by atoms with Crippen LogP contribution in [0.2, 0.25) is 5.02 Å². The number of rotatable bonds is 5. The van der Waals surface area contributed by atoms with E-state index < -0.39 is 0 Å². The summed E-state index contributed by atoms with van der Waals surface area (Å²) in [7, 11) is 1.62. The fourth-order valence-corrected chi connectivity index (χ4v) is 3.46. The molecular formula is C21H19ClN4O2. The van der Waals surface area contributed by atoms with Crippen LogP contribution in [-0.4, -0.2) is 29.5 Å². The summed E-state index contributed by atoms with van der Waals surface area (Å²) >= 11 is 6.12. The summed E-state index contributed by atoms with van der Waals surface area (Å²) in [6.45, 7) is 0.676. The van der Waals surface area contributed by atoms with E-state index in [1.165, 1.54) is 12.5 Å². The van der Waals surface area contributed by atoms with Crippen molar-refractivity contribution in [1.82, 2.24) is 9.97 Å². The van der Waals surface area contributed by atoms with Gasteiger partial charge in [0.05, 0.1) is 19.7 Å². The van der Waals surface area contributed by atoms with Gasteiger partial charge in [-0.2, -0.15) is 0 Å². The van der Waals surface area contributed by atoms with Crippen molar-refractivity contribution in [3.05, 3.63) is 71.1 Å². The Morgan fingerprint density at radius 3 is 3.00 bits per heavy atom. The first-order valence-electron chi connectivity index (χ1n) is 8.93. The quantitative estimate of drug-likeness (QED) is 0.708. The number of hydrogen-bond acceptors (Lipinski definition) is 5. The molecule has 0 aliphatic carbocycles. The minimum atomic E-state index is 0.0595. The SMILES string of the molecule is COc1cccc(CC(=O)N2CCc3ccc(Nc4ncncc4Cl)cc32)c1. The third-order valence-corrected chi connectivity index (χ3v) is 4.98. The minimum absolute atomic E-state index is 0.0595. The van der Waals surface area contributed by atoms with E-state index >= 15 is 0 Å². The average molecular weight is 395 g/mol. The predicted molar refractivity (Wildman–Crippen MR) is 110 cm³/mol. The van der Waals surface area contributed by atoms with Crippen molar-refractivity contribution < 1.29 is 9.53 Å². The van der Waals surface area contributed by atoms with E-state index in [9.17, 15) is 4.79 Å². The molecule has 1 aliphatic heterocycles. The summed E-state index contributed by atoms with van der Waals surface area (Å²) in [5.74, 6) is 1.34. The third kappa shape index (κ3) is 3.77. The van der Waals surface area contributed by atoms with Crippen LogP contribution in [0.3, 0.4) is 0 Å². The molecule has 7 heteroatoms. The van der Waals surface area contributed by atoms with Crippen LogP contribution < -0.4 is 15.0 Å². The number of carbonyl (C=O) groups is 1. The highest BCUT2D eigenvalue weighted by molar-refractivity contribution is 6.32. The molecule has 1 amide bonds. The normalized spacial score (nSPS) is 12.6. The third-order valence-electron chi connectivity index (χ3n) is 4.70. The number of aromatic nitrogens is 2. The summed E-state index contributed by atoms with van der Waals surface area (Å²) in [5.41, 5.74) is 3.82. The largest absolute Gasteiger partial charge is 0.497 e. The van der Waals surface area contributed by atoms with Gasteiger partial charge in [-0.25, -0.2) is 9.97 Å². The maximum Gasteiger partial charge on any atom is 0.231 e. The number of methoxy groups -OCH3 is 1. The van der Waals surface area contributed by atoms with E-state index in [0.29, 0.717) is 23.8 Å². The number of benzene rings is 2. The van der Waals surface area contributed by atoms with Crippen molar-refractivity contribution >= 4 is 34.7 Å². The van der Waals surface area contributed by atoms with E-state index in [2.05, 4.69) is 15.3 Å². The minimum Gasteiger partial charge on any atom is -0.497 e. The summed E-state index contributed by atoms with van der Waals surface area (Å²) < 4.78 is 5.25. The van der Waals surface area contributed by atoms with Crippen molar-refractivity contribution in [1.29, 1.82) is 0 Å². The number of amides is 1. The summed E-state index contributed by atoms with van der Waals surface area (Å²) in [6.07, 6.45) is 4.14. The maximum absolute atomic E-state index is 12.9. The molecule has 1 N–H and O–H groups in total. The number of ether oxygens (including phenoxy) is 1. The lowest BCUT2D eigenvalue weighted by molar-refractivity contribution is -0.117. The molecule has 0 fully saturated rings. The van der Waals surface area contributed by atoms with Gasteiger partial charge in [0.1, 0.15) is 17.1 Å². The van der Waals surface area contributed by atoms with Gasteiger partial charge in [0.25, 0.3) is 0 Å². The van der Waals surface area contributed by atoms with Crippen LogP contribution in [-0.2, 0) is 17.6 Å². The summed E-state index contributed by atoms with van der Waals surface area (Å²) in [6, 6.07) is 13.6. The van der Waals surface area contributed by atoms with E-state index in [1.54, 1.807) is 7.11 Å². The molecule has 0 spiro atoms. The number of hydrogen-bond donors (Lipinski definition) is 1. The van der Waals surface area contributed by atoms with Gasteiger partial charge in [-0.05, 0) is 41.8 Å². The standard InChI is InChI=1S/C21H19ClN4O2/c1-28-17-4-2-3-14(9-17)10-20(27)26-8-7-15-5-6-16(11-19(15)26)25-21-18(22)12-23-13-24-21/h2-6,9,11-13H,7-8,10H2,1H3,(H,23,24,25). The first kappa shape index (κ1) is 18.3. The Hall–Kier alpha value is -3.12. The van der Waals surface area contributed by atoms with Crippen LogP contribution in [0.5, 0.6) is 5.75 Å². The number of fused-ring (bicyclic) bond motifs is 1. The first-order valence-corrected chi connectivity index (χ1v) is 9.30. The van der Waals surface area contributed by atoms with Gasteiger partial charge in [0.15, 0.2) is 5.82 Å². The van der Waals surface area contributed by atoms with E-state index in [4.69, 9.17) is 16.3 Å². The van der Waals surface area contributed by atoms with Crippen LogP contribution in [0, 0.1) is 0 Å². The summed E-state index contributed by atoms with van der Waals surface area (Å²) in [4.78, 5) is 22.8. The monoisotopic (exact) mass is 394 g/mol. The second-order valence-corrected chi connectivity index (χ2v) is 6.92. The highest BCUT2D eigenvalue weighted by Gasteiger charge is 2.25. The zero-order chi connectivity index (χ0) is 19.5. The first-order chi connectivity index (χ1) is 13.6. The lowest BCUT2D eigenvalue weighted by atomic mass is 10.1. The molecule has 28 heavy (non-hydrogen) atoms. The number of carbonyl (C=O) groups excluding carboxylic acids is 1. The number of nitrogens with one attached hydrogen (secondary N) is 1. The van der Waals surface area contributed by atoms with E-state index in [0.717, 1.165) is 34.7 Å². The molecule has 142 valence electrons. The van der Waals surface area contributed by atoms with E-state index in [-0.39, 0.29) is 5.91 Å². The zero-order valence-corrected chi connectivity index (χ0v) is 16.1. The molecule has 6 nitrogen and oxygen atoms in total. The van der Waals surface area contributed by atoms with Crippen molar-refractivity contribution in [3.63, 3.8) is 0 Å². The Balaban J connectivity index is 1.54. The highest BCUT2D eigenvalue weighted by Crippen LogP contribution is 2.33. The molecule has 0 saturated heterocycles. The second kappa shape index (κ2) is 7.86. The van der Waals surface area contributed by atoms with Gasteiger partial charge in [-0.1, -0.05) is 29.8 Å². The van der Waals surface area contributed by atoms with Crippen LogP contribution in [0.4, 0.5) is 17.2 Å². The average Bonchev–Trinajstić information content (AvgIpc) is 3.13. The van der Waals surface area contributed by atoms with Gasteiger partial charge < -0.3 is 15.0 Å². The molecule has 0 radical (unpaired) electrons. The second-order valence-electron chi connectivity index (χ2n) is 6.51. The van der Waals surface area contributed by atoms with Gasteiger partial charge in [0.2, 0.25) is 5.91 Å². The van der Waals surface area contributed by atoms with Crippen molar-refractivity contribution in [3.8, 4) is 5.75 Å². The van der Waals surface area contributed by atoms with Crippen LogP contribution in [0.1, 0.15) is 11.1 Å². The predicted octanol–water partition coefficient (Wildman–Crippen LogP) is 4.01. The van der Waals surface area contributed by atoms with Crippen molar-refractivity contribution in [2.75, 3.05) is 23.9 Å². The molecule has 0 atom stereocenters.